The molecule has 110 valence electrons. The first kappa shape index (κ1) is 15.2. The molecule has 0 aromatic heterocycles. The molecule has 3 nitrogen and oxygen atoms in total. The van der Waals surface area contributed by atoms with E-state index in [0.29, 0.717) is 9.79 Å². The van der Waals surface area contributed by atoms with E-state index in [1.54, 1.807) is 18.2 Å². The Morgan fingerprint density at radius 3 is 2.29 bits per heavy atom. The monoisotopic (exact) mass is 314 g/mol. The fraction of sp³-hybridized carbons (Fsp3) is 0.0714. The maximum Gasteiger partial charge on any atom is 0.573 e. The molecule has 0 heterocycles. The van der Waals surface area contributed by atoms with Crippen molar-refractivity contribution in [3.8, 4) is 5.75 Å². The van der Waals surface area contributed by atoms with Gasteiger partial charge in [0.05, 0.1) is 5.56 Å². The summed E-state index contributed by atoms with van der Waals surface area (Å²) in [6, 6.07) is 11.6. The summed E-state index contributed by atoms with van der Waals surface area (Å²) in [5.41, 5.74) is 0.147. The lowest BCUT2D eigenvalue weighted by atomic mass is 10.2. The predicted octanol–water partition coefficient (Wildman–Crippen LogP) is 4.43. The highest BCUT2D eigenvalue weighted by atomic mass is 32.2. The molecule has 0 spiro atoms. The largest absolute Gasteiger partial charge is 0.573 e. The Kier molecular flexibility index (Phi) is 4.42. The van der Waals surface area contributed by atoms with E-state index in [2.05, 4.69) is 4.74 Å². The number of halogens is 3. The minimum atomic E-state index is -4.73. The molecule has 0 saturated heterocycles. The molecule has 1 N–H and O–H groups in total. The van der Waals surface area contributed by atoms with Crippen LogP contribution in [0.2, 0.25) is 0 Å². The smallest absolute Gasteiger partial charge is 0.478 e. The van der Waals surface area contributed by atoms with Crippen LogP contribution in [0.5, 0.6) is 5.75 Å². The van der Waals surface area contributed by atoms with Gasteiger partial charge in [0, 0.05) is 9.79 Å². The Morgan fingerprint density at radius 2 is 1.71 bits per heavy atom. The van der Waals surface area contributed by atoms with Crippen molar-refractivity contribution >= 4 is 17.7 Å². The van der Waals surface area contributed by atoms with E-state index in [9.17, 15) is 18.0 Å². The Hall–Kier alpha value is -2.15. The Morgan fingerprint density at radius 1 is 1.05 bits per heavy atom. The molecule has 0 unspecified atom stereocenters. The van der Waals surface area contributed by atoms with E-state index in [1.807, 2.05) is 0 Å². The number of hydrogen-bond acceptors (Lipinski definition) is 3. The molecule has 0 aliphatic carbocycles. The van der Waals surface area contributed by atoms with Crippen LogP contribution in [0.4, 0.5) is 13.2 Å². The zero-order valence-corrected chi connectivity index (χ0v) is 11.2. The highest BCUT2D eigenvalue weighted by molar-refractivity contribution is 7.99. The van der Waals surface area contributed by atoms with Gasteiger partial charge in [0.25, 0.3) is 0 Å². The van der Waals surface area contributed by atoms with Gasteiger partial charge in [-0.05, 0) is 42.5 Å². The van der Waals surface area contributed by atoms with Crippen LogP contribution in [0.1, 0.15) is 10.4 Å². The molecule has 0 aliphatic heterocycles. The molecule has 0 fully saturated rings. The zero-order valence-electron chi connectivity index (χ0n) is 10.4. The number of benzene rings is 2. The zero-order chi connectivity index (χ0) is 15.5. The number of alkyl halides is 3. The third kappa shape index (κ3) is 4.71. The third-order valence-electron chi connectivity index (χ3n) is 2.38. The summed E-state index contributed by atoms with van der Waals surface area (Å²) in [6.07, 6.45) is -4.73. The van der Waals surface area contributed by atoms with Crippen molar-refractivity contribution in [1.82, 2.24) is 0 Å². The van der Waals surface area contributed by atoms with E-state index >= 15 is 0 Å². The van der Waals surface area contributed by atoms with Crippen molar-refractivity contribution in [2.24, 2.45) is 0 Å². The number of hydrogen-bond donors (Lipinski definition) is 1. The molecule has 0 saturated carbocycles. The van der Waals surface area contributed by atoms with Gasteiger partial charge in [-0.15, -0.1) is 13.2 Å². The third-order valence-corrected chi connectivity index (χ3v) is 3.37. The molecular formula is C14H9F3O3S. The van der Waals surface area contributed by atoms with Crippen LogP contribution in [0.3, 0.4) is 0 Å². The van der Waals surface area contributed by atoms with Gasteiger partial charge < -0.3 is 9.84 Å². The van der Waals surface area contributed by atoms with E-state index < -0.39 is 12.3 Å². The molecule has 2 rings (SSSR count). The van der Waals surface area contributed by atoms with Gasteiger partial charge >= 0.3 is 12.3 Å². The van der Waals surface area contributed by atoms with Gasteiger partial charge in [0.2, 0.25) is 0 Å². The fourth-order valence-corrected chi connectivity index (χ4v) is 2.40. The van der Waals surface area contributed by atoms with E-state index in [4.69, 9.17) is 5.11 Å². The molecule has 7 heteroatoms. The second kappa shape index (κ2) is 6.09. The minimum Gasteiger partial charge on any atom is -0.478 e. The van der Waals surface area contributed by atoms with E-state index in [0.717, 1.165) is 0 Å². The normalized spacial score (nSPS) is 11.2. The van der Waals surface area contributed by atoms with Crippen LogP contribution in [0.25, 0.3) is 0 Å². The molecular weight excluding hydrogens is 305 g/mol. The lowest BCUT2D eigenvalue weighted by molar-refractivity contribution is -0.274. The number of ether oxygens (including phenoxy) is 1. The number of carbonyl (C=O) groups is 1. The second-order valence-corrected chi connectivity index (χ2v) is 5.10. The molecule has 0 amide bonds. The van der Waals surface area contributed by atoms with Crippen LogP contribution in [-0.2, 0) is 0 Å². The van der Waals surface area contributed by atoms with Crippen molar-refractivity contribution in [2.75, 3.05) is 0 Å². The summed E-state index contributed by atoms with van der Waals surface area (Å²) in [5, 5.41) is 8.78. The van der Waals surface area contributed by atoms with Crippen molar-refractivity contribution in [1.29, 1.82) is 0 Å². The van der Waals surface area contributed by atoms with Crippen molar-refractivity contribution in [3.63, 3.8) is 0 Å². The standard InChI is InChI=1S/C14H9F3O3S/c15-14(16,17)20-10-2-1-3-12(8-10)21-11-6-4-9(5-7-11)13(18)19/h1-8H,(H,18,19). The van der Waals surface area contributed by atoms with E-state index in [-0.39, 0.29) is 11.3 Å². The van der Waals surface area contributed by atoms with Crippen LogP contribution in [0.15, 0.2) is 58.3 Å². The van der Waals surface area contributed by atoms with Gasteiger partial charge in [-0.2, -0.15) is 0 Å². The van der Waals surface area contributed by atoms with Crippen LogP contribution < -0.4 is 4.74 Å². The first-order valence-corrected chi connectivity index (χ1v) is 6.52. The maximum absolute atomic E-state index is 12.1. The average Bonchev–Trinajstić information content (AvgIpc) is 2.37. The highest BCUT2D eigenvalue weighted by Crippen LogP contribution is 2.32. The van der Waals surface area contributed by atoms with Crippen molar-refractivity contribution in [3.05, 3.63) is 54.1 Å². The number of aromatic carboxylic acids is 1. The first-order valence-electron chi connectivity index (χ1n) is 5.70. The highest BCUT2D eigenvalue weighted by Gasteiger charge is 2.31. The molecule has 0 atom stereocenters. The molecule has 0 bridgehead atoms. The summed E-state index contributed by atoms with van der Waals surface area (Å²) in [4.78, 5) is 12.0. The average molecular weight is 314 g/mol. The summed E-state index contributed by atoms with van der Waals surface area (Å²) >= 11 is 1.21. The number of carboxylic acids is 1. The molecule has 21 heavy (non-hydrogen) atoms. The first-order chi connectivity index (χ1) is 9.83. The molecule has 0 radical (unpaired) electrons. The SMILES string of the molecule is O=C(O)c1ccc(Sc2cccc(OC(F)(F)F)c2)cc1. The molecule has 2 aromatic carbocycles. The van der Waals surface area contributed by atoms with Gasteiger partial charge in [0.15, 0.2) is 0 Å². The summed E-state index contributed by atoms with van der Waals surface area (Å²) in [5.74, 6) is -1.33. The summed E-state index contributed by atoms with van der Waals surface area (Å²) in [6.45, 7) is 0. The van der Waals surface area contributed by atoms with Crippen LogP contribution in [-0.4, -0.2) is 17.4 Å². The molecule has 0 aliphatic rings. The van der Waals surface area contributed by atoms with Gasteiger partial charge in [0.1, 0.15) is 5.75 Å². The minimum absolute atomic E-state index is 0.147. The Labute approximate surface area is 122 Å². The number of rotatable bonds is 4. The quantitative estimate of drug-likeness (QED) is 0.906. The maximum atomic E-state index is 12.1. The topological polar surface area (TPSA) is 46.5 Å². The Balaban J connectivity index is 2.12. The van der Waals surface area contributed by atoms with Gasteiger partial charge in [-0.3, -0.25) is 0 Å². The summed E-state index contributed by atoms with van der Waals surface area (Å²) < 4.78 is 40.2. The number of carboxylic acid groups (broad SMARTS) is 1. The van der Waals surface area contributed by atoms with Gasteiger partial charge in [-0.25, -0.2) is 4.79 Å². The van der Waals surface area contributed by atoms with Crippen molar-refractivity contribution in [2.45, 2.75) is 16.2 Å². The van der Waals surface area contributed by atoms with Crippen molar-refractivity contribution < 1.29 is 27.8 Å². The predicted molar refractivity (Wildman–Crippen MR) is 70.6 cm³/mol. The molecule has 2 aromatic rings. The lowest BCUT2D eigenvalue weighted by Gasteiger charge is -2.09. The van der Waals surface area contributed by atoms with Gasteiger partial charge in [-0.1, -0.05) is 17.8 Å². The van der Waals surface area contributed by atoms with E-state index in [1.165, 1.54) is 42.1 Å². The second-order valence-electron chi connectivity index (χ2n) is 3.95. The van der Waals surface area contributed by atoms with Crippen LogP contribution in [0, 0.1) is 0 Å². The fourth-order valence-electron chi connectivity index (χ4n) is 1.54. The lowest BCUT2D eigenvalue weighted by Crippen LogP contribution is -2.17. The Bertz CT molecular complexity index is 639. The summed E-state index contributed by atoms with van der Waals surface area (Å²) in [7, 11) is 0. The van der Waals surface area contributed by atoms with Crippen LogP contribution >= 0.6 is 11.8 Å².